The normalized spacial score (nSPS) is 24.0. The molecule has 3 rings (SSSR count). The van der Waals surface area contributed by atoms with Gasteiger partial charge >= 0.3 is 0 Å². The van der Waals surface area contributed by atoms with Gasteiger partial charge in [0.05, 0.1) is 6.04 Å². The largest absolute Gasteiger partial charge is 0.361 e. The minimum Gasteiger partial charge on any atom is -0.361 e. The number of aryl methyl sites for hydroxylation is 1. The van der Waals surface area contributed by atoms with Crippen molar-refractivity contribution >= 4 is 12.0 Å². The second kappa shape index (κ2) is 3.93. The predicted octanol–water partition coefficient (Wildman–Crippen LogP) is 2.42. The molecule has 0 spiro atoms. The van der Waals surface area contributed by atoms with Crippen LogP contribution >= 0.6 is 0 Å². The molecule has 1 heterocycles. The van der Waals surface area contributed by atoms with Gasteiger partial charge in [0, 0.05) is 12.2 Å². The highest BCUT2D eigenvalue weighted by Gasteiger charge is 2.31. The van der Waals surface area contributed by atoms with Crippen LogP contribution in [0.15, 0.2) is 24.3 Å². The lowest BCUT2D eigenvalue weighted by atomic mass is 9.96. The molecule has 1 aliphatic heterocycles. The van der Waals surface area contributed by atoms with E-state index in [1.165, 1.54) is 24.1 Å². The first-order valence-corrected chi connectivity index (χ1v) is 6.18. The maximum Gasteiger partial charge on any atom is 0.142 e. The molecular weight excluding hydrogens is 198 g/mol. The van der Waals surface area contributed by atoms with Crippen LogP contribution in [0.4, 0.5) is 5.69 Å². The first-order valence-electron chi connectivity index (χ1n) is 6.18. The minimum atomic E-state index is 0.107. The van der Waals surface area contributed by atoms with E-state index in [9.17, 15) is 4.79 Å². The first-order chi connectivity index (χ1) is 7.88. The molecule has 0 N–H and O–H groups in total. The summed E-state index contributed by atoms with van der Waals surface area (Å²) in [5.41, 5.74) is 2.69. The number of para-hydroxylation sites is 1. The third-order valence-corrected chi connectivity index (χ3v) is 3.72. The zero-order valence-electron chi connectivity index (χ0n) is 9.43. The van der Waals surface area contributed by atoms with Crippen molar-refractivity contribution in [2.45, 2.75) is 31.7 Å². The number of nitrogens with zero attached hydrogens (tertiary/aromatic N) is 1. The molecule has 2 nitrogen and oxygen atoms in total. The van der Waals surface area contributed by atoms with Gasteiger partial charge in [-0.25, -0.2) is 0 Å². The summed E-state index contributed by atoms with van der Waals surface area (Å²) in [5, 5.41) is 0. The summed E-state index contributed by atoms with van der Waals surface area (Å²) in [5.74, 6) is 0.827. The Bertz CT molecular complexity index is 397. The van der Waals surface area contributed by atoms with Crippen molar-refractivity contribution in [3.05, 3.63) is 29.8 Å². The third-order valence-electron chi connectivity index (χ3n) is 3.72. The summed E-state index contributed by atoms with van der Waals surface area (Å²) >= 11 is 0. The standard InChI is InChI=1S/C14H17NO/c16-10-13-8-7-12-3-1-2-4-14(12)15(13)9-11-5-6-11/h1-4,10-11,13H,5-9H2/t13-/m1/s1. The maximum absolute atomic E-state index is 11.1. The minimum absolute atomic E-state index is 0.107. The highest BCUT2D eigenvalue weighted by molar-refractivity contribution is 5.70. The van der Waals surface area contributed by atoms with Gasteiger partial charge in [-0.3, -0.25) is 0 Å². The average molecular weight is 215 g/mol. The van der Waals surface area contributed by atoms with Gasteiger partial charge in [0.15, 0.2) is 0 Å². The van der Waals surface area contributed by atoms with Gasteiger partial charge in [0.25, 0.3) is 0 Å². The van der Waals surface area contributed by atoms with Gasteiger partial charge in [0.2, 0.25) is 0 Å². The van der Waals surface area contributed by atoms with Gasteiger partial charge in [-0.2, -0.15) is 0 Å². The molecule has 0 aromatic heterocycles. The number of carbonyl (C=O) groups is 1. The SMILES string of the molecule is O=C[C@H]1CCc2ccccc2N1CC1CC1. The van der Waals surface area contributed by atoms with E-state index in [-0.39, 0.29) is 6.04 Å². The molecule has 1 atom stereocenters. The molecular formula is C14H17NO. The Labute approximate surface area is 96.3 Å². The quantitative estimate of drug-likeness (QED) is 0.722. The van der Waals surface area contributed by atoms with Crippen LogP contribution < -0.4 is 4.90 Å². The lowest BCUT2D eigenvalue weighted by Crippen LogP contribution is -2.41. The van der Waals surface area contributed by atoms with Gasteiger partial charge in [0.1, 0.15) is 6.29 Å². The summed E-state index contributed by atoms with van der Waals surface area (Å²) < 4.78 is 0. The fourth-order valence-corrected chi connectivity index (χ4v) is 2.59. The smallest absolute Gasteiger partial charge is 0.142 e. The van der Waals surface area contributed by atoms with Gasteiger partial charge < -0.3 is 9.69 Å². The van der Waals surface area contributed by atoms with E-state index in [1.54, 1.807) is 0 Å². The number of benzene rings is 1. The van der Waals surface area contributed by atoms with Crippen LogP contribution in [0.1, 0.15) is 24.8 Å². The number of carbonyl (C=O) groups excluding carboxylic acids is 1. The number of hydrogen-bond donors (Lipinski definition) is 0. The summed E-state index contributed by atoms with van der Waals surface area (Å²) in [6.45, 7) is 1.07. The summed E-state index contributed by atoms with van der Waals surface area (Å²) in [4.78, 5) is 13.5. The molecule has 84 valence electrons. The maximum atomic E-state index is 11.1. The van der Waals surface area contributed by atoms with Crippen LogP contribution in [-0.2, 0) is 11.2 Å². The fourth-order valence-electron chi connectivity index (χ4n) is 2.59. The van der Waals surface area contributed by atoms with Crippen molar-refractivity contribution in [3.63, 3.8) is 0 Å². The average Bonchev–Trinajstić information content (AvgIpc) is 3.13. The predicted molar refractivity (Wildman–Crippen MR) is 64.7 cm³/mol. The van der Waals surface area contributed by atoms with Crippen molar-refractivity contribution < 1.29 is 4.79 Å². The number of rotatable bonds is 3. The first kappa shape index (κ1) is 9.88. The molecule has 16 heavy (non-hydrogen) atoms. The van der Waals surface area contributed by atoms with E-state index in [2.05, 4.69) is 29.2 Å². The second-order valence-corrected chi connectivity index (χ2v) is 4.97. The molecule has 1 saturated carbocycles. The zero-order chi connectivity index (χ0) is 11.0. The fraction of sp³-hybridized carbons (Fsp3) is 0.500. The Morgan fingerprint density at radius 1 is 1.25 bits per heavy atom. The molecule has 0 saturated heterocycles. The summed E-state index contributed by atoms with van der Waals surface area (Å²) in [6, 6.07) is 8.63. The topological polar surface area (TPSA) is 20.3 Å². The van der Waals surface area contributed by atoms with E-state index in [0.29, 0.717) is 0 Å². The number of aldehydes is 1. The number of hydrogen-bond acceptors (Lipinski definition) is 2. The molecule has 2 aliphatic rings. The highest BCUT2D eigenvalue weighted by Crippen LogP contribution is 2.36. The Kier molecular flexibility index (Phi) is 2.43. The van der Waals surface area contributed by atoms with Crippen molar-refractivity contribution in [1.82, 2.24) is 0 Å². The van der Waals surface area contributed by atoms with Crippen molar-refractivity contribution in [3.8, 4) is 0 Å². The summed E-state index contributed by atoms with van der Waals surface area (Å²) in [6.07, 6.45) is 5.82. The van der Waals surface area contributed by atoms with Crippen molar-refractivity contribution in [2.75, 3.05) is 11.4 Å². The van der Waals surface area contributed by atoms with Gasteiger partial charge in [-0.1, -0.05) is 18.2 Å². The van der Waals surface area contributed by atoms with Gasteiger partial charge in [-0.05, 0) is 43.2 Å². The second-order valence-electron chi connectivity index (χ2n) is 4.97. The van der Waals surface area contributed by atoms with E-state index in [4.69, 9.17) is 0 Å². The van der Waals surface area contributed by atoms with E-state index >= 15 is 0 Å². The van der Waals surface area contributed by atoms with E-state index in [0.717, 1.165) is 31.6 Å². The molecule has 1 aliphatic carbocycles. The molecule has 0 radical (unpaired) electrons. The van der Waals surface area contributed by atoms with E-state index < -0.39 is 0 Å². The Hall–Kier alpha value is -1.31. The molecule has 0 bridgehead atoms. The monoisotopic (exact) mass is 215 g/mol. The Morgan fingerprint density at radius 2 is 2.06 bits per heavy atom. The molecule has 0 amide bonds. The van der Waals surface area contributed by atoms with Crippen LogP contribution in [0.2, 0.25) is 0 Å². The lowest BCUT2D eigenvalue weighted by Gasteiger charge is -2.36. The zero-order valence-corrected chi connectivity index (χ0v) is 9.43. The van der Waals surface area contributed by atoms with Crippen LogP contribution in [0, 0.1) is 5.92 Å². The molecule has 1 aromatic carbocycles. The molecule has 0 unspecified atom stereocenters. The van der Waals surface area contributed by atoms with Crippen LogP contribution in [0.25, 0.3) is 0 Å². The van der Waals surface area contributed by atoms with Crippen molar-refractivity contribution in [1.29, 1.82) is 0 Å². The van der Waals surface area contributed by atoms with Crippen LogP contribution in [-0.4, -0.2) is 18.9 Å². The number of fused-ring (bicyclic) bond motifs is 1. The van der Waals surface area contributed by atoms with E-state index in [1.807, 2.05) is 0 Å². The molecule has 2 heteroatoms. The lowest BCUT2D eigenvalue weighted by molar-refractivity contribution is -0.109. The number of anilines is 1. The third kappa shape index (κ3) is 1.73. The van der Waals surface area contributed by atoms with Gasteiger partial charge in [-0.15, -0.1) is 0 Å². The summed E-state index contributed by atoms with van der Waals surface area (Å²) in [7, 11) is 0. The van der Waals surface area contributed by atoms with Crippen molar-refractivity contribution in [2.24, 2.45) is 5.92 Å². The Morgan fingerprint density at radius 3 is 2.81 bits per heavy atom. The van der Waals surface area contributed by atoms with Crippen LogP contribution in [0.3, 0.4) is 0 Å². The Balaban J connectivity index is 1.92. The highest BCUT2D eigenvalue weighted by atomic mass is 16.1. The molecule has 1 fully saturated rings. The van der Waals surface area contributed by atoms with Crippen LogP contribution in [0.5, 0.6) is 0 Å². The molecule has 1 aromatic rings.